The Bertz CT molecular complexity index is 977. The number of piperidine rings is 1. The molecule has 2 amide bonds. The van der Waals surface area contributed by atoms with Gasteiger partial charge in [0.1, 0.15) is 17.7 Å². The lowest BCUT2D eigenvalue weighted by Gasteiger charge is -2.33. The first-order valence-electron chi connectivity index (χ1n) is 9.03. The minimum Gasteiger partial charge on any atom is -0.337 e. The Morgan fingerprint density at radius 2 is 1.96 bits per heavy atom. The molecule has 3 aromatic rings. The van der Waals surface area contributed by atoms with Crippen LogP contribution in [0.3, 0.4) is 0 Å². The quantitative estimate of drug-likeness (QED) is 0.706. The summed E-state index contributed by atoms with van der Waals surface area (Å²) in [4.78, 5) is 18.7. The number of carbonyl (C=O) groups is 1. The number of anilines is 1. The van der Waals surface area contributed by atoms with Crippen molar-refractivity contribution >= 4 is 11.7 Å². The minimum absolute atomic E-state index is 0.0776. The third-order valence-corrected chi connectivity index (χ3v) is 4.70. The molecule has 1 saturated heterocycles. The number of halogens is 2. The lowest BCUT2D eigenvalue weighted by molar-refractivity contribution is 0.142. The van der Waals surface area contributed by atoms with Crippen molar-refractivity contribution in [1.82, 2.24) is 15.0 Å². The second-order valence-corrected chi connectivity index (χ2v) is 6.58. The van der Waals surface area contributed by atoms with Crippen molar-refractivity contribution in [2.75, 3.05) is 11.9 Å². The Morgan fingerprint density at radius 1 is 1.14 bits per heavy atom. The molecule has 0 radical (unpaired) electrons. The molecule has 1 aromatic heterocycles. The summed E-state index contributed by atoms with van der Waals surface area (Å²) in [6.45, 7) is 0.475. The number of carbonyl (C=O) groups excluding carboxylic acids is 1. The Hall–Kier alpha value is -3.29. The van der Waals surface area contributed by atoms with Crippen LogP contribution >= 0.6 is 0 Å². The fourth-order valence-corrected chi connectivity index (χ4v) is 3.28. The number of aromatic nitrogens is 2. The van der Waals surface area contributed by atoms with Crippen LogP contribution in [0.25, 0.3) is 11.4 Å². The van der Waals surface area contributed by atoms with Gasteiger partial charge in [-0.25, -0.2) is 13.6 Å². The van der Waals surface area contributed by atoms with E-state index in [-0.39, 0.29) is 5.69 Å². The van der Waals surface area contributed by atoms with Crippen LogP contribution < -0.4 is 5.32 Å². The standard InChI is InChI=1S/C20H18F2N4O2/c21-14-9-10-16(15(22)12-14)23-20(27)26-11-5-4-8-17(26)19-24-18(25-28-19)13-6-2-1-3-7-13/h1-3,6-7,9-10,12,17H,4-5,8,11H2,(H,23,27)/t17-/m0/s1. The number of rotatable bonds is 3. The molecule has 0 spiro atoms. The molecule has 1 atom stereocenters. The van der Waals surface area contributed by atoms with Crippen LogP contribution in [-0.2, 0) is 0 Å². The summed E-state index contributed by atoms with van der Waals surface area (Å²) in [6.07, 6.45) is 2.38. The van der Waals surface area contributed by atoms with Gasteiger partial charge >= 0.3 is 6.03 Å². The van der Waals surface area contributed by atoms with Crippen LogP contribution in [-0.4, -0.2) is 27.6 Å². The molecule has 0 unspecified atom stereocenters. The van der Waals surface area contributed by atoms with E-state index in [1.807, 2.05) is 30.3 Å². The highest BCUT2D eigenvalue weighted by atomic mass is 19.1. The number of nitrogens with zero attached hydrogens (tertiary/aromatic N) is 3. The average Bonchev–Trinajstić information content (AvgIpc) is 3.21. The van der Waals surface area contributed by atoms with Crippen molar-refractivity contribution in [3.05, 3.63) is 66.1 Å². The fraction of sp³-hybridized carbons (Fsp3) is 0.250. The first-order valence-corrected chi connectivity index (χ1v) is 9.03. The molecule has 4 rings (SSSR count). The highest BCUT2D eigenvalue weighted by molar-refractivity contribution is 5.89. The zero-order valence-corrected chi connectivity index (χ0v) is 14.9. The first-order chi connectivity index (χ1) is 13.6. The van der Waals surface area contributed by atoms with E-state index in [0.29, 0.717) is 24.7 Å². The molecule has 2 aromatic carbocycles. The lowest BCUT2D eigenvalue weighted by Crippen LogP contribution is -2.41. The van der Waals surface area contributed by atoms with E-state index in [1.165, 1.54) is 6.07 Å². The first kappa shape index (κ1) is 18.1. The van der Waals surface area contributed by atoms with E-state index < -0.39 is 23.7 Å². The Kier molecular flexibility index (Phi) is 5.01. The summed E-state index contributed by atoms with van der Waals surface area (Å²) >= 11 is 0. The van der Waals surface area contributed by atoms with Crippen molar-refractivity contribution < 1.29 is 18.1 Å². The Morgan fingerprint density at radius 3 is 2.75 bits per heavy atom. The Balaban J connectivity index is 1.55. The highest BCUT2D eigenvalue weighted by Crippen LogP contribution is 2.32. The molecule has 1 aliphatic heterocycles. The molecule has 0 aliphatic carbocycles. The second-order valence-electron chi connectivity index (χ2n) is 6.58. The smallest absolute Gasteiger partial charge is 0.322 e. The van der Waals surface area contributed by atoms with Gasteiger partial charge in [0.05, 0.1) is 5.69 Å². The van der Waals surface area contributed by atoms with Gasteiger partial charge in [0.2, 0.25) is 11.7 Å². The highest BCUT2D eigenvalue weighted by Gasteiger charge is 2.32. The van der Waals surface area contributed by atoms with Crippen molar-refractivity contribution in [3.8, 4) is 11.4 Å². The normalized spacial score (nSPS) is 16.8. The minimum atomic E-state index is -0.828. The third-order valence-electron chi connectivity index (χ3n) is 4.70. The van der Waals surface area contributed by atoms with Gasteiger partial charge in [0, 0.05) is 18.2 Å². The zero-order valence-electron chi connectivity index (χ0n) is 14.9. The van der Waals surface area contributed by atoms with E-state index in [0.717, 1.165) is 30.5 Å². The predicted octanol–water partition coefficient (Wildman–Crippen LogP) is 4.77. The molecule has 1 fully saturated rings. The Labute approximate surface area is 160 Å². The molecule has 0 saturated carbocycles. The van der Waals surface area contributed by atoms with Gasteiger partial charge in [0.25, 0.3) is 0 Å². The number of urea groups is 1. The molecule has 6 nitrogen and oxygen atoms in total. The van der Waals surface area contributed by atoms with E-state index in [4.69, 9.17) is 4.52 Å². The van der Waals surface area contributed by atoms with Gasteiger partial charge in [-0.05, 0) is 31.4 Å². The number of amides is 2. The van der Waals surface area contributed by atoms with Crippen LogP contribution in [0.2, 0.25) is 0 Å². The SMILES string of the molecule is O=C(Nc1ccc(F)cc1F)N1CCCC[C@H]1c1nc(-c2ccccc2)no1. The zero-order chi connectivity index (χ0) is 19.5. The van der Waals surface area contributed by atoms with Crippen LogP contribution in [0.15, 0.2) is 53.1 Å². The van der Waals surface area contributed by atoms with Crippen molar-refractivity contribution in [1.29, 1.82) is 0 Å². The molecule has 28 heavy (non-hydrogen) atoms. The molecular formula is C20H18F2N4O2. The molecular weight excluding hydrogens is 366 g/mol. The van der Waals surface area contributed by atoms with Crippen LogP contribution in [0.4, 0.5) is 19.3 Å². The van der Waals surface area contributed by atoms with E-state index in [1.54, 1.807) is 4.90 Å². The second kappa shape index (κ2) is 7.75. The topological polar surface area (TPSA) is 71.3 Å². The number of likely N-dealkylation sites (tertiary alicyclic amines) is 1. The summed E-state index contributed by atoms with van der Waals surface area (Å²) in [5.74, 6) is -0.740. The van der Waals surface area contributed by atoms with Gasteiger partial charge in [-0.15, -0.1) is 0 Å². The molecule has 2 heterocycles. The molecule has 1 N–H and O–H groups in total. The lowest BCUT2D eigenvalue weighted by atomic mass is 10.0. The van der Waals surface area contributed by atoms with Gasteiger partial charge < -0.3 is 14.7 Å². The van der Waals surface area contributed by atoms with Gasteiger partial charge in [0.15, 0.2) is 0 Å². The summed E-state index contributed by atoms with van der Waals surface area (Å²) in [6, 6.07) is 11.5. The molecule has 144 valence electrons. The van der Waals surface area contributed by atoms with E-state index in [9.17, 15) is 13.6 Å². The van der Waals surface area contributed by atoms with Gasteiger partial charge in [-0.1, -0.05) is 35.5 Å². The number of benzene rings is 2. The van der Waals surface area contributed by atoms with Crippen molar-refractivity contribution in [2.24, 2.45) is 0 Å². The number of nitrogens with one attached hydrogen (secondary N) is 1. The van der Waals surface area contributed by atoms with Crippen LogP contribution in [0.1, 0.15) is 31.2 Å². The summed E-state index contributed by atoms with van der Waals surface area (Å²) < 4.78 is 32.4. The monoisotopic (exact) mass is 384 g/mol. The van der Waals surface area contributed by atoms with Gasteiger partial charge in [-0.3, -0.25) is 0 Å². The van der Waals surface area contributed by atoms with E-state index in [2.05, 4.69) is 15.5 Å². The maximum atomic E-state index is 13.9. The maximum Gasteiger partial charge on any atom is 0.322 e. The fourth-order valence-electron chi connectivity index (χ4n) is 3.28. The van der Waals surface area contributed by atoms with Crippen LogP contribution in [0, 0.1) is 11.6 Å². The summed E-state index contributed by atoms with van der Waals surface area (Å²) in [5.41, 5.74) is 0.740. The predicted molar refractivity (Wildman–Crippen MR) is 98.4 cm³/mol. The third kappa shape index (κ3) is 3.71. The maximum absolute atomic E-state index is 13.9. The number of hydrogen-bond acceptors (Lipinski definition) is 4. The summed E-state index contributed by atoms with van der Waals surface area (Å²) in [5, 5.41) is 6.52. The summed E-state index contributed by atoms with van der Waals surface area (Å²) in [7, 11) is 0. The molecule has 8 heteroatoms. The largest absolute Gasteiger partial charge is 0.337 e. The average molecular weight is 384 g/mol. The van der Waals surface area contributed by atoms with E-state index >= 15 is 0 Å². The van der Waals surface area contributed by atoms with Crippen molar-refractivity contribution in [2.45, 2.75) is 25.3 Å². The molecule has 0 bridgehead atoms. The van der Waals surface area contributed by atoms with Gasteiger partial charge in [-0.2, -0.15) is 4.98 Å². The van der Waals surface area contributed by atoms with Crippen molar-refractivity contribution in [3.63, 3.8) is 0 Å². The molecule has 1 aliphatic rings. The number of hydrogen-bond donors (Lipinski definition) is 1. The van der Waals surface area contributed by atoms with Crippen LogP contribution in [0.5, 0.6) is 0 Å².